The van der Waals surface area contributed by atoms with E-state index in [2.05, 4.69) is 10.3 Å². The lowest BCUT2D eigenvalue weighted by Crippen LogP contribution is -2.46. The van der Waals surface area contributed by atoms with Gasteiger partial charge in [0, 0.05) is 28.8 Å². The Labute approximate surface area is 208 Å². The number of H-pyrrole nitrogens is 1. The van der Waals surface area contributed by atoms with E-state index in [1.54, 1.807) is 6.20 Å². The van der Waals surface area contributed by atoms with Crippen LogP contribution in [0.5, 0.6) is 0 Å². The Morgan fingerprint density at radius 3 is 2.25 bits per heavy atom. The Morgan fingerprint density at radius 1 is 0.917 bits per heavy atom. The fourth-order valence-corrected chi connectivity index (χ4v) is 4.98. The van der Waals surface area contributed by atoms with E-state index in [1.165, 1.54) is 53.4 Å². The van der Waals surface area contributed by atoms with Crippen LogP contribution in [0, 0.1) is 11.6 Å². The van der Waals surface area contributed by atoms with Crippen molar-refractivity contribution in [3.05, 3.63) is 102 Å². The van der Waals surface area contributed by atoms with Gasteiger partial charge in [0.05, 0.1) is 6.42 Å². The lowest BCUT2D eigenvalue weighted by atomic mass is 10.0. The molecule has 0 bridgehead atoms. The molecule has 1 saturated carbocycles. The number of halogens is 2. The van der Waals surface area contributed by atoms with Gasteiger partial charge < -0.3 is 10.3 Å². The third-order valence-electron chi connectivity index (χ3n) is 6.78. The predicted molar refractivity (Wildman–Crippen MR) is 135 cm³/mol. The summed E-state index contributed by atoms with van der Waals surface area (Å²) in [6.07, 6.45) is 5.64. The minimum Gasteiger partial charge on any atom is -0.361 e. The number of aromatic nitrogens is 1. The largest absolute Gasteiger partial charge is 0.361 e. The van der Waals surface area contributed by atoms with Crippen LogP contribution in [0.25, 0.3) is 10.9 Å². The molecular formula is C29H27F2N3O2. The molecule has 1 heterocycles. The summed E-state index contributed by atoms with van der Waals surface area (Å²) in [5, 5.41) is 4.01. The van der Waals surface area contributed by atoms with Gasteiger partial charge in [-0.25, -0.2) is 8.78 Å². The summed E-state index contributed by atoms with van der Waals surface area (Å²) in [7, 11) is 0. The van der Waals surface area contributed by atoms with Crippen molar-refractivity contribution in [2.75, 3.05) is 4.90 Å². The number of para-hydroxylation sites is 1. The number of carbonyl (C=O) groups is 2. The van der Waals surface area contributed by atoms with Crippen molar-refractivity contribution >= 4 is 28.4 Å². The van der Waals surface area contributed by atoms with Gasteiger partial charge in [-0.05, 0) is 66.4 Å². The van der Waals surface area contributed by atoms with Crippen LogP contribution in [0.3, 0.4) is 0 Å². The number of anilines is 1. The van der Waals surface area contributed by atoms with Crippen molar-refractivity contribution in [2.24, 2.45) is 0 Å². The van der Waals surface area contributed by atoms with Crippen LogP contribution in [-0.2, 0) is 16.0 Å². The highest BCUT2D eigenvalue weighted by Crippen LogP contribution is 2.31. The van der Waals surface area contributed by atoms with Crippen molar-refractivity contribution in [1.82, 2.24) is 10.3 Å². The topological polar surface area (TPSA) is 65.2 Å². The van der Waals surface area contributed by atoms with Crippen LogP contribution in [-0.4, -0.2) is 22.8 Å². The first-order valence-corrected chi connectivity index (χ1v) is 12.2. The van der Waals surface area contributed by atoms with Crippen LogP contribution >= 0.6 is 0 Å². The van der Waals surface area contributed by atoms with E-state index in [4.69, 9.17) is 0 Å². The average Bonchev–Trinajstić information content (AvgIpc) is 3.54. The van der Waals surface area contributed by atoms with Gasteiger partial charge >= 0.3 is 0 Å². The zero-order valence-corrected chi connectivity index (χ0v) is 19.7. The number of nitrogens with zero attached hydrogens (tertiary/aromatic N) is 1. The molecule has 1 aliphatic rings. The molecule has 36 heavy (non-hydrogen) atoms. The van der Waals surface area contributed by atoms with Gasteiger partial charge in [0.15, 0.2) is 0 Å². The van der Waals surface area contributed by atoms with Gasteiger partial charge in [-0.3, -0.25) is 14.5 Å². The van der Waals surface area contributed by atoms with E-state index in [-0.39, 0.29) is 24.3 Å². The number of benzene rings is 3. The first-order chi connectivity index (χ1) is 17.5. The monoisotopic (exact) mass is 487 g/mol. The number of amides is 2. The zero-order valence-electron chi connectivity index (χ0n) is 19.7. The lowest BCUT2D eigenvalue weighted by Gasteiger charge is -2.32. The van der Waals surface area contributed by atoms with Crippen molar-refractivity contribution in [3.63, 3.8) is 0 Å². The molecule has 1 aliphatic carbocycles. The molecule has 3 aromatic carbocycles. The van der Waals surface area contributed by atoms with Crippen LogP contribution < -0.4 is 10.2 Å². The fraction of sp³-hybridized carbons (Fsp3) is 0.241. The highest BCUT2D eigenvalue weighted by atomic mass is 19.1. The summed E-state index contributed by atoms with van der Waals surface area (Å²) in [4.78, 5) is 32.2. The lowest BCUT2D eigenvalue weighted by molar-refractivity contribution is -0.127. The molecule has 1 atom stereocenters. The molecule has 2 amide bonds. The van der Waals surface area contributed by atoms with Crippen molar-refractivity contribution in [2.45, 2.75) is 44.2 Å². The number of nitrogens with one attached hydrogen (secondary N) is 2. The Hall–Kier alpha value is -4.00. The molecule has 0 aliphatic heterocycles. The van der Waals surface area contributed by atoms with Crippen molar-refractivity contribution < 1.29 is 18.4 Å². The molecular weight excluding hydrogens is 460 g/mol. The Balaban J connectivity index is 1.56. The maximum Gasteiger partial charge on any atom is 0.248 e. The second-order valence-electron chi connectivity index (χ2n) is 9.22. The van der Waals surface area contributed by atoms with E-state index in [0.29, 0.717) is 11.3 Å². The third kappa shape index (κ3) is 5.00. The number of rotatable bonds is 7. The molecule has 4 aromatic rings. The highest BCUT2D eigenvalue weighted by Gasteiger charge is 2.34. The molecule has 7 heteroatoms. The van der Waals surface area contributed by atoms with Gasteiger partial charge in [0.25, 0.3) is 0 Å². The zero-order chi connectivity index (χ0) is 25.1. The highest BCUT2D eigenvalue weighted by molar-refractivity contribution is 6.03. The van der Waals surface area contributed by atoms with Crippen LogP contribution in [0.15, 0.2) is 79.0 Å². The SMILES string of the molecule is O=C(NC1CCCC1)[C@H](c1ccc(F)cc1)N(C(=O)Cc1c[nH]c2ccccc12)c1ccc(F)cc1. The maximum absolute atomic E-state index is 13.9. The molecule has 5 nitrogen and oxygen atoms in total. The number of fused-ring (bicyclic) bond motifs is 1. The summed E-state index contributed by atoms with van der Waals surface area (Å²) in [6, 6.07) is 17.7. The molecule has 0 spiro atoms. The molecule has 0 unspecified atom stereocenters. The second kappa shape index (κ2) is 10.3. The van der Waals surface area contributed by atoms with Crippen molar-refractivity contribution in [3.8, 4) is 0 Å². The number of hydrogen-bond acceptors (Lipinski definition) is 2. The minimum absolute atomic E-state index is 0.0236. The molecule has 1 fully saturated rings. The molecule has 2 N–H and O–H groups in total. The van der Waals surface area contributed by atoms with Crippen LogP contribution in [0.1, 0.15) is 42.9 Å². The normalized spacial score (nSPS) is 14.6. The van der Waals surface area contributed by atoms with Crippen LogP contribution in [0.4, 0.5) is 14.5 Å². The Bertz CT molecular complexity index is 1360. The van der Waals surface area contributed by atoms with E-state index >= 15 is 0 Å². The summed E-state index contributed by atoms with van der Waals surface area (Å²) in [5.41, 5.74) is 2.56. The van der Waals surface area contributed by atoms with Gasteiger partial charge in [-0.1, -0.05) is 43.2 Å². The summed E-state index contributed by atoms with van der Waals surface area (Å²) >= 11 is 0. The minimum atomic E-state index is -1.05. The number of aromatic amines is 1. The maximum atomic E-state index is 13.9. The standard InChI is InChI=1S/C29H27F2N3O2/c30-21-11-9-19(10-12-21)28(29(36)33-23-5-1-2-6-23)34(24-15-13-22(31)14-16-24)27(35)17-20-18-32-26-8-4-3-7-25(20)26/h3-4,7-16,18,23,28,32H,1-2,5-6,17H2,(H,33,36)/t28-/m0/s1. The van der Waals surface area contributed by atoms with Crippen molar-refractivity contribution in [1.29, 1.82) is 0 Å². The number of hydrogen-bond donors (Lipinski definition) is 2. The predicted octanol–water partition coefficient (Wildman–Crippen LogP) is 5.82. The third-order valence-corrected chi connectivity index (χ3v) is 6.78. The molecule has 184 valence electrons. The Morgan fingerprint density at radius 2 is 1.56 bits per heavy atom. The summed E-state index contributed by atoms with van der Waals surface area (Å²) in [5.74, 6) is -1.56. The first-order valence-electron chi connectivity index (χ1n) is 12.2. The van der Waals surface area contributed by atoms with Gasteiger partial charge in [-0.2, -0.15) is 0 Å². The molecule has 1 aromatic heterocycles. The summed E-state index contributed by atoms with van der Waals surface area (Å²) < 4.78 is 27.6. The quantitative estimate of drug-likeness (QED) is 0.345. The van der Waals surface area contributed by atoms with E-state index in [9.17, 15) is 18.4 Å². The van der Waals surface area contributed by atoms with Gasteiger partial charge in [0.2, 0.25) is 11.8 Å². The van der Waals surface area contributed by atoms with E-state index < -0.39 is 17.7 Å². The van der Waals surface area contributed by atoms with E-state index in [0.717, 1.165) is 42.1 Å². The Kier molecular flexibility index (Phi) is 6.80. The second-order valence-corrected chi connectivity index (χ2v) is 9.22. The van der Waals surface area contributed by atoms with Gasteiger partial charge in [-0.15, -0.1) is 0 Å². The van der Waals surface area contributed by atoms with Crippen LogP contribution in [0.2, 0.25) is 0 Å². The number of carbonyl (C=O) groups excluding carboxylic acids is 2. The molecule has 0 radical (unpaired) electrons. The van der Waals surface area contributed by atoms with E-state index in [1.807, 2.05) is 24.3 Å². The molecule has 0 saturated heterocycles. The smallest absolute Gasteiger partial charge is 0.248 e. The molecule has 5 rings (SSSR count). The summed E-state index contributed by atoms with van der Waals surface area (Å²) in [6.45, 7) is 0. The fourth-order valence-electron chi connectivity index (χ4n) is 4.98. The average molecular weight is 488 g/mol. The van der Waals surface area contributed by atoms with Gasteiger partial charge in [0.1, 0.15) is 17.7 Å². The first kappa shape index (κ1) is 23.7.